The van der Waals surface area contributed by atoms with Gasteiger partial charge >= 0.3 is 6.03 Å². The average Bonchev–Trinajstić information content (AvgIpc) is 3.13. The van der Waals surface area contributed by atoms with Crippen molar-refractivity contribution in [1.29, 1.82) is 0 Å². The van der Waals surface area contributed by atoms with Gasteiger partial charge in [-0.1, -0.05) is 19.9 Å². The number of urea groups is 1. The van der Waals surface area contributed by atoms with Crippen LogP contribution in [0.3, 0.4) is 0 Å². The van der Waals surface area contributed by atoms with Gasteiger partial charge in [0.05, 0.1) is 5.69 Å². The van der Waals surface area contributed by atoms with E-state index in [2.05, 4.69) is 24.3 Å². The van der Waals surface area contributed by atoms with E-state index in [1.54, 1.807) is 22.7 Å². The summed E-state index contributed by atoms with van der Waals surface area (Å²) in [6.07, 6.45) is 3.55. The van der Waals surface area contributed by atoms with Crippen LogP contribution in [0, 0.1) is 5.92 Å². The Labute approximate surface area is 153 Å². The fourth-order valence-corrected chi connectivity index (χ4v) is 3.17. The zero-order chi connectivity index (χ0) is 18.7. The minimum Gasteiger partial charge on any atom is -0.339 e. The van der Waals surface area contributed by atoms with Gasteiger partial charge in [0, 0.05) is 37.7 Å². The molecule has 7 heteroatoms. The van der Waals surface area contributed by atoms with Crippen LogP contribution in [0.4, 0.5) is 10.5 Å². The molecule has 1 saturated heterocycles. The van der Waals surface area contributed by atoms with Crippen LogP contribution in [-0.4, -0.2) is 57.2 Å². The van der Waals surface area contributed by atoms with Crippen LogP contribution < -0.4 is 5.32 Å². The van der Waals surface area contributed by atoms with Crippen molar-refractivity contribution in [1.82, 2.24) is 19.6 Å². The van der Waals surface area contributed by atoms with Crippen LogP contribution in [0.15, 0.2) is 42.7 Å². The summed E-state index contributed by atoms with van der Waals surface area (Å²) in [6.45, 7) is 7.79. The largest absolute Gasteiger partial charge is 0.339 e. The Balaban J connectivity index is 1.67. The number of carbonyl (C=O) groups excluding carboxylic acids is 2. The summed E-state index contributed by atoms with van der Waals surface area (Å²) < 4.78 is 1.73. The van der Waals surface area contributed by atoms with Gasteiger partial charge in [0.15, 0.2) is 0 Å². The number of benzene rings is 1. The van der Waals surface area contributed by atoms with Crippen LogP contribution in [0.5, 0.6) is 0 Å². The Hall–Kier alpha value is -2.83. The summed E-state index contributed by atoms with van der Waals surface area (Å²) in [7, 11) is 0. The van der Waals surface area contributed by atoms with Crippen molar-refractivity contribution in [3.05, 3.63) is 42.7 Å². The molecular formula is C19H25N5O2. The maximum atomic E-state index is 12.7. The lowest BCUT2D eigenvalue weighted by Gasteiger charge is -2.39. The molecular weight excluding hydrogens is 330 g/mol. The second-order valence-electron chi connectivity index (χ2n) is 6.98. The van der Waals surface area contributed by atoms with E-state index in [9.17, 15) is 9.59 Å². The molecule has 1 atom stereocenters. The lowest BCUT2D eigenvalue weighted by Crippen LogP contribution is -2.58. The van der Waals surface area contributed by atoms with Crippen LogP contribution in [-0.2, 0) is 4.79 Å². The maximum absolute atomic E-state index is 12.7. The Kier molecular flexibility index (Phi) is 5.25. The third-order valence-corrected chi connectivity index (χ3v) is 4.46. The van der Waals surface area contributed by atoms with Gasteiger partial charge in [-0.2, -0.15) is 5.10 Å². The van der Waals surface area contributed by atoms with E-state index < -0.39 is 6.04 Å². The quantitative estimate of drug-likeness (QED) is 0.916. The molecule has 0 unspecified atom stereocenters. The minimum atomic E-state index is -0.461. The second kappa shape index (κ2) is 7.59. The van der Waals surface area contributed by atoms with Crippen molar-refractivity contribution < 1.29 is 9.59 Å². The first-order valence-corrected chi connectivity index (χ1v) is 8.92. The second-order valence-corrected chi connectivity index (χ2v) is 6.98. The van der Waals surface area contributed by atoms with Crippen LogP contribution in [0.25, 0.3) is 5.69 Å². The highest BCUT2D eigenvalue weighted by Crippen LogP contribution is 2.17. The Morgan fingerprint density at radius 1 is 1.31 bits per heavy atom. The van der Waals surface area contributed by atoms with Gasteiger partial charge in [-0.05, 0) is 37.1 Å². The van der Waals surface area contributed by atoms with Gasteiger partial charge in [0.25, 0.3) is 0 Å². The molecule has 2 heterocycles. The molecule has 1 N–H and O–H groups in total. The average molecular weight is 355 g/mol. The molecule has 2 aromatic rings. The zero-order valence-corrected chi connectivity index (χ0v) is 15.4. The van der Waals surface area contributed by atoms with Crippen molar-refractivity contribution in [2.75, 3.05) is 25.0 Å². The predicted octanol–water partition coefficient (Wildman–Crippen LogP) is 2.59. The lowest BCUT2D eigenvalue weighted by atomic mass is 10.1. The van der Waals surface area contributed by atoms with Crippen LogP contribution in [0.2, 0.25) is 0 Å². The summed E-state index contributed by atoms with van der Waals surface area (Å²) in [5, 5.41) is 7.09. The summed E-state index contributed by atoms with van der Waals surface area (Å²) in [4.78, 5) is 28.6. The normalized spacial score (nSPS) is 17.7. The van der Waals surface area contributed by atoms with Crippen molar-refractivity contribution >= 4 is 17.6 Å². The first kappa shape index (κ1) is 18.0. The van der Waals surface area contributed by atoms with Gasteiger partial charge in [-0.25, -0.2) is 9.48 Å². The topological polar surface area (TPSA) is 70.5 Å². The van der Waals surface area contributed by atoms with Crippen LogP contribution in [0.1, 0.15) is 20.8 Å². The lowest BCUT2D eigenvalue weighted by molar-refractivity contribution is -0.139. The third-order valence-electron chi connectivity index (χ3n) is 4.46. The molecule has 26 heavy (non-hydrogen) atoms. The Morgan fingerprint density at radius 3 is 2.81 bits per heavy atom. The molecule has 1 aliphatic rings. The van der Waals surface area contributed by atoms with E-state index >= 15 is 0 Å². The number of amides is 3. The molecule has 0 aliphatic carbocycles. The first-order valence-electron chi connectivity index (χ1n) is 8.92. The molecule has 1 fully saturated rings. The summed E-state index contributed by atoms with van der Waals surface area (Å²) in [6, 6.07) is 8.58. The molecule has 7 nitrogen and oxygen atoms in total. The van der Waals surface area contributed by atoms with Gasteiger partial charge in [0.1, 0.15) is 6.04 Å². The molecule has 0 saturated carbocycles. The molecule has 3 amide bonds. The van der Waals surface area contributed by atoms with Crippen molar-refractivity contribution in [2.45, 2.75) is 26.8 Å². The zero-order valence-electron chi connectivity index (χ0n) is 15.4. The van der Waals surface area contributed by atoms with Gasteiger partial charge in [-0.15, -0.1) is 0 Å². The fraction of sp³-hybridized carbons (Fsp3) is 0.421. The van der Waals surface area contributed by atoms with Gasteiger partial charge in [-0.3, -0.25) is 4.79 Å². The number of nitrogens with one attached hydrogen (secondary N) is 1. The number of nitrogens with zero attached hydrogens (tertiary/aromatic N) is 4. The molecule has 1 aromatic carbocycles. The number of piperazine rings is 1. The number of rotatable bonds is 4. The molecule has 0 bridgehead atoms. The van der Waals surface area contributed by atoms with Crippen molar-refractivity contribution in [3.63, 3.8) is 0 Å². The Bertz CT molecular complexity index is 772. The molecule has 138 valence electrons. The van der Waals surface area contributed by atoms with E-state index in [4.69, 9.17) is 0 Å². The number of hydrogen-bond acceptors (Lipinski definition) is 3. The maximum Gasteiger partial charge on any atom is 0.322 e. The Morgan fingerprint density at radius 2 is 2.12 bits per heavy atom. The van der Waals surface area contributed by atoms with E-state index in [1.807, 2.05) is 41.4 Å². The predicted molar refractivity (Wildman–Crippen MR) is 100 cm³/mol. The fourth-order valence-electron chi connectivity index (χ4n) is 3.17. The van der Waals surface area contributed by atoms with Crippen LogP contribution >= 0.6 is 0 Å². The van der Waals surface area contributed by atoms with Gasteiger partial charge in [0.2, 0.25) is 5.91 Å². The van der Waals surface area contributed by atoms with E-state index in [0.29, 0.717) is 24.7 Å². The number of carbonyl (C=O) groups is 2. The van der Waals surface area contributed by atoms with E-state index in [-0.39, 0.29) is 11.9 Å². The molecule has 1 aromatic heterocycles. The molecule has 1 aliphatic heterocycles. The van der Waals surface area contributed by atoms with Crippen molar-refractivity contribution in [2.24, 2.45) is 5.92 Å². The first-order chi connectivity index (χ1) is 12.5. The number of hydrogen-bond donors (Lipinski definition) is 1. The van der Waals surface area contributed by atoms with Gasteiger partial charge < -0.3 is 15.1 Å². The third kappa shape index (κ3) is 3.87. The highest BCUT2D eigenvalue weighted by Gasteiger charge is 2.34. The molecule has 3 rings (SSSR count). The van der Waals surface area contributed by atoms with Crippen molar-refractivity contribution in [3.8, 4) is 5.69 Å². The SMILES string of the molecule is CC(C)CN1CCN(C(=O)Nc2cccc(-n3cccn3)c2)[C@@H](C)C1=O. The monoisotopic (exact) mass is 355 g/mol. The number of anilines is 1. The minimum absolute atomic E-state index is 0.00499. The van der Waals surface area contributed by atoms with E-state index in [0.717, 1.165) is 12.2 Å². The smallest absolute Gasteiger partial charge is 0.322 e. The molecule has 0 spiro atoms. The standard InChI is InChI=1S/C19H25N5O2/c1-14(2)13-22-10-11-23(15(3)18(22)25)19(26)21-16-6-4-7-17(12-16)24-9-5-8-20-24/h4-9,12,14-15H,10-11,13H2,1-3H3,(H,21,26)/t15-/m0/s1. The number of aromatic nitrogens is 2. The molecule has 0 radical (unpaired) electrons. The summed E-state index contributed by atoms with van der Waals surface area (Å²) in [5.74, 6) is 0.418. The summed E-state index contributed by atoms with van der Waals surface area (Å²) in [5.41, 5.74) is 1.53. The van der Waals surface area contributed by atoms with E-state index in [1.165, 1.54) is 0 Å². The highest BCUT2D eigenvalue weighted by molar-refractivity contribution is 5.94. The highest BCUT2D eigenvalue weighted by atomic mass is 16.2. The summed E-state index contributed by atoms with van der Waals surface area (Å²) >= 11 is 0.